The molecule has 146 valence electrons. The van der Waals surface area contributed by atoms with Gasteiger partial charge in [0, 0.05) is 29.2 Å². The largest absolute Gasteiger partial charge is 0.394 e. The summed E-state index contributed by atoms with van der Waals surface area (Å²) in [6.07, 6.45) is 1.25. The second-order valence-electron chi connectivity index (χ2n) is 6.64. The van der Waals surface area contributed by atoms with E-state index >= 15 is 0 Å². The first kappa shape index (κ1) is 20.6. The molecule has 0 saturated carbocycles. The molecule has 0 aromatic heterocycles. The summed E-state index contributed by atoms with van der Waals surface area (Å²) in [6.45, 7) is -0.166. The van der Waals surface area contributed by atoms with Gasteiger partial charge in [0.2, 0.25) is 0 Å². The number of aliphatic hydroxyl groups excluding tert-OH is 2. The van der Waals surface area contributed by atoms with Gasteiger partial charge in [-0.25, -0.2) is 8.78 Å². The fourth-order valence-corrected chi connectivity index (χ4v) is 3.98. The van der Waals surface area contributed by atoms with Crippen LogP contribution in [0.4, 0.5) is 8.78 Å². The molecular formula is C20H21ClF2O3S. The molecule has 3 atom stereocenters. The minimum atomic E-state index is -0.868. The van der Waals surface area contributed by atoms with E-state index in [9.17, 15) is 19.0 Å². The third-order valence-electron chi connectivity index (χ3n) is 4.75. The van der Waals surface area contributed by atoms with E-state index in [1.54, 1.807) is 36.6 Å². The molecule has 27 heavy (non-hydrogen) atoms. The van der Waals surface area contributed by atoms with Gasteiger partial charge in [0.1, 0.15) is 0 Å². The van der Waals surface area contributed by atoms with Gasteiger partial charge in [-0.2, -0.15) is 0 Å². The monoisotopic (exact) mass is 414 g/mol. The number of aliphatic hydroxyl groups is 2. The van der Waals surface area contributed by atoms with E-state index in [4.69, 9.17) is 16.3 Å². The van der Waals surface area contributed by atoms with Crippen LogP contribution < -0.4 is 0 Å². The Morgan fingerprint density at radius 3 is 2.63 bits per heavy atom. The number of ether oxygens (including phenoxy) is 1. The van der Waals surface area contributed by atoms with Gasteiger partial charge in [0.15, 0.2) is 11.6 Å². The molecule has 1 heterocycles. The van der Waals surface area contributed by atoms with E-state index in [0.717, 1.165) is 17.3 Å². The van der Waals surface area contributed by atoms with Crippen LogP contribution in [0.3, 0.4) is 0 Å². The van der Waals surface area contributed by atoms with Gasteiger partial charge in [0.25, 0.3) is 0 Å². The Balaban J connectivity index is 1.87. The van der Waals surface area contributed by atoms with Crippen molar-refractivity contribution in [2.45, 2.75) is 42.5 Å². The van der Waals surface area contributed by atoms with Gasteiger partial charge in [-0.15, -0.1) is 11.8 Å². The van der Waals surface area contributed by atoms with Gasteiger partial charge in [0.05, 0.1) is 24.9 Å². The average molecular weight is 415 g/mol. The van der Waals surface area contributed by atoms with Crippen LogP contribution in [0.2, 0.25) is 5.02 Å². The van der Waals surface area contributed by atoms with Crippen LogP contribution in [-0.4, -0.2) is 35.3 Å². The van der Waals surface area contributed by atoms with E-state index in [1.807, 2.05) is 0 Å². The molecule has 1 aliphatic heterocycles. The normalized spacial score (nSPS) is 22.8. The van der Waals surface area contributed by atoms with Gasteiger partial charge < -0.3 is 14.9 Å². The van der Waals surface area contributed by atoms with E-state index in [1.165, 1.54) is 0 Å². The summed E-state index contributed by atoms with van der Waals surface area (Å²) >= 11 is 7.42. The Labute approximate surface area is 166 Å². The van der Waals surface area contributed by atoms with Crippen LogP contribution in [0.15, 0.2) is 35.2 Å². The maximum atomic E-state index is 14.4. The SMILES string of the molecule is CSc1ccc(Cc2cc([C@H]3C[C@@H](O)C[C@@H](CO)O3)ccc2Cl)c(F)c1F. The lowest BCUT2D eigenvalue weighted by molar-refractivity contribution is -0.113. The molecule has 0 spiro atoms. The summed E-state index contributed by atoms with van der Waals surface area (Å²) in [7, 11) is 0. The molecule has 2 aromatic carbocycles. The minimum absolute atomic E-state index is 0.142. The summed E-state index contributed by atoms with van der Waals surface area (Å²) < 4.78 is 34.2. The highest BCUT2D eigenvalue weighted by atomic mass is 35.5. The first-order chi connectivity index (χ1) is 12.9. The van der Waals surface area contributed by atoms with Crippen molar-refractivity contribution in [3.8, 4) is 0 Å². The van der Waals surface area contributed by atoms with Crippen LogP contribution in [-0.2, 0) is 11.2 Å². The Morgan fingerprint density at radius 1 is 1.15 bits per heavy atom. The number of hydrogen-bond donors (Lipinski definition) is 2. The summed E-state index contributed by atoms with van der Waals surface area (Å²) in [5.41, 5.74) is 1.66. The maximum Gasteiger partial charge on any atom is 0.172 e. The summed E-state index contributed by atoms with van der Waals surface area (Å²) in [4.78, 5) is 0.260. The molecule has 0 amide bonds. The summed E-state index contributed by atoms with van der Waals surface area (Å²) in [6, 6.07) is 8.39. The predicted octanol–water partition coefficient (Wildman–Crippen LogP) is 4.50. The van der Waals surface area contributed by atoms with Gasteiger partial charge >= 0.3 is 0 Å². The van der Waals surface area contributed by atoms with Crippen molar-refractivity contribution < 1.29 is 23.7 Å². The van der Waals surface area contributed by atoms with E-state index in [0.29, 0.717) is 23.4 Å². The lowest BCUT2D eigenvalue weighted by Gasteiger charge is -2.32. The highest BCUT2D eigenvalue weighted by molar-refractivity contribution is 7.98. The van der Waals surface area contributed by atoms with Crippen molar-refractivity contribution in [3.05, 3.63) is 63.7 Å². The maximum absolute atomic E-state index is 14.4. The van der Waals surface area contributed by atoms with Crippen LogP contribution in [0.5, 0.6) is 0 Å². The molecule has 2 aromatic rings. The highest BCUT2D eigenvalue weighted by Crippen LogP contribution is 2.34. The third kappa shape index (κ3) is 4.63. The number of thioether (sulfide) groups is 1. The molecule has 7 heteroatoms. The molecule has 0 unspecified atom stereocenters. The second-order valence-corrected chi connectivity index (χ2v) is 7.89. The highest BCUT2D eigenvalue weighted by Gasteiger charge is 2.29. The molecule has 3 nitrogen and oxygen atoms in total. The first-order valence-corrected chi connectivity index (χ1v) is 10.3. The average Bonchev–Trinajstić information content (AvgIpc) is 2.66. The number of hydrogen-bond acceptors (Lipinski definition) is 4. The van der Waals surface area contributed by atoms with Gasteiger partial charge in [-0.05, 0) is 35.1 Å². The Morgan fingerprint density at radius 2 is 1.93 bits per heavy atom. The van der Waals surface area contributed by atoms with Gasteiger partial charge in [-0.1, -0.05) is 29.8 Å². The molecule has 1 fully saturated rings. The van der Waals surface area contributed by atoms with Crippen LogP contribution in [0.25, 0.3) is 0 Å². The smallest absolute Gasteiger partial charge is 0.172 e. The summed E-state index contributed by atoms with van der Waals surface area (Å²) in [5, 5.41) is 19.8. The zero-order valence-electron chi connectivity index (χ0n) is 14.8. The van der Waals surface area contributed by atoms with Crippen molar-refractivity contribution in [2.24, 2.45) is 0 Å². The van der Waals surface area contributed by atoms with Crippen molar-refractivity contribution in [3.63, 3.8) is 0 Å². The van der Waals surface area contributed by atoms with Crippen molar-refractivity contribution in [2.75, 3.05) is 12.9 Å². The van der Waals surface area contributed by atoms with Crippen LogP contribution in [0, 0.1) is 11.6 Å². The molecule has 0 bridgehead atoms. The van der Waals surface area contributed by atoms with Crippen molar-refractivity contribution >= 4 is 23.4 Å². The molecule has 1 saturated heterocycles. The Hall–Kier alpha value is -1.18. The van der Waals surface area contributed by atoms with E-state index in [2.05, 4.69) is 0 Å². The van der Waals surface area contributed by atoms with E-state index in [-0.39, 0.29) is 29.6 Å². The fraction of sp³-hybridized carbons (Fsp3) is 0.400. The Kier molecular flexibility index (Phi) is 6.76. The Bertz CT molecular complexity index is 818. The topological polar surface area (TPSA) is 49.7 Å². The zero-order valence-corrected chi connectivity index (χ0v) is 16.4. The number of halogens is 3. The molecule has 1 aliphatic rings. The molecular weight excluding hydrogens is 394 g/mol. The number of rotatable bonds is 5. The van der Waals surface area contributed by atoms with Crippen molar-refractivity contribution in [1.29, 1.82) is 0 Å². The lowest BCUT2D eigenvalue weighted by atomic mass is 9.94. The lowest BCUT2D eigenvalue weighted by Crippen LogP contribution is -2.33. The molecule has 2 N–H and O–H groups in total. The quantitative estimate of drug-likeness (QED) is 0.707. The molecule has 3 rings (SSSR count). The zero-order chi connectivity index (χ0) is 19.6. The fourth-order valence-electron chi connectivity index (χ4n) is 3.32. The van der Waals surface area contributed by atoms with Crippen molar-refractivity contribution in [1.82, 2.24) is 0 Å². The van der Waals surface area contributed by atoms with Crippen LogP contribution in [0.1, 0.15) is 35.6 Å². The first-order valence-electron chi connectivity index (χ1n) is 8.66. The summed E-state index contributed by atoms with van der Waals surface area (Å²) in [5.74, 6) is -1.72. The van der Waals surface area contributed by atoms with Crippen LogP contribution >= 0.6 is 23.4 Å². The number of benzene rings is 2. The molecule has 0 radical (unpaired) electrons. The van der Waals surface area contributed by atoms with Gasteiger partial charge in [-0.3, -0.25) is 0 Å². The minimum Gasteiger partial charge on any atom is -0.394 e. The predicted molar refractivity (Wildman–Crippen MR) is 102 cm³/mol. The second kappa shape index (κ2) is 8.88. The third-order valence-corrected chi connectivity index (χ3v) is 5.87. The molecule has 0 aliphatic carbocycles. The van der Waals surface area contributed by atoms with E-state index < -0.39 is 23.8 Å². The standard InChI is InChI=1S/C20H21ClF2O3S/c1-27-18-5-3-12(19(22)20(18)23)7-13-6-11(2-4-16(13)21)17-9-14(25)8-15(10-24)26-17/h2-6,14-15,17,24-25H,7-10H2,1H3/t14-,15-,17+/m0/s1.